The second kappa shape index (κ2) is 12.0. The Balaban J connectivity index is 2.03. The van der Waals surface area contributed by atoms with Crippen LogP contribution >= 0.6 is 11.6 Å². The molecule has 9 heteroatoms. The number of carbonyl (C=O) groups is 3. The van der Waals surface area contributed by atoms with Gasteiger partial charge in [-0.05, 0) is 42.7 Å². The van der Waals surface area contributed by atoms with Gasteiger partial charge in [0.1, 0.15) is 6.04 Å². The summed E-state index contributed by atoms with van der Waals surface area (Å²) in [5.41, 5.74) is 5.25. The van der Waals surface area contributed by atoms with E-state index in [1.807, 2.05) is 6.92 Å². The smallest absolute Gasteiger partial charge is 0.269 e. The third-order valence-corrected chi connectivity index (χ3v) is 4.87. The lowest BCUT2D eigenvalue weighted by atomic mass is 10.0. The lowest BCUT2D eigenvalue weighted by molar-refractivity contribution is -0.124. The summed E-state index contributed by atoms with van der Waals surface area (Å²) in [4.78, 5) is 37.7. The highest BCUT2D eigenvalue weighted by molar-refractivity contribution is 6.33. The van der Waals surface area contributed by atoms with Gasteiger partial charge in [0.25, 0.3) is 17.7 Å². The van der Waals surface area contributed by atoms with E-state index in [2.05, 4.69) is 16.2 Å². The highest BCUT2D eigenvalue weighted by atomic mass is 35.5. The van der Waals surface area contributed by atoms with Gasteiger partial charge in [-0.25, -0.2) is 0 Å². The fourth-order valence-corrected chi connectivity index (χ4v) is 3.03. The Hall–Kier alpha value is -3.26. The first-order chi connectivity index (χ1) is 15.3. The molecule has 0 spiro atoms. The molecule has 1 atom stereocenters. The van der Waals surface area contributed by atoms with Crippen molar-refractivity contribution in [1.29, 1.82) is 0 Å². The van der Waals surface area contributed by atoms with Crippen molar-refractivity contribution in [2.24, 2.45) is 5.92 Å². The normalized spacial score (nSPS) is 11.4. The van der Waals surface area contributed by atoms with Gasteiger partial charge in [0, 0.05) is 5.56 Å². The Morgan fingerprint density at radius 1 is 1.00 bits per heavy atom. The third kappa shape index (κ3) is 6.62. The van der Waals surface area contributed by atoms with Crippen LogP contribution in [0.25, 0.3) is 0 Å². The number of halogens is 1. The van der Waals surface area contributed by atoms with Crippen LogP contribution in [0, 0.1) is 5.92 Å². The lowest BCUT2D eigenvalue weighted by Crippen LogP contribution is -2.54. The van der Waals surface area contributed by atoms with Crippen LogP contribution < -0.4 is 25.6 Å². The van der Waals surface area contributed by atoms with Crippen molar-refractivity contribution in [3.8, 4) is 11.5 Å². The molecular weight excluding hydrogens is 434 g/mol. The van der Waals surface area contributed by atoms with E-state index in [-0.39, 0.29) is 22.1 Å². The number of amides is 3. The summed E-state index contributed by atoms with van der Waals surface area (Å²) in [5.74, 6) is -0.902. The van der Waals surface area contributed by atoms with Crippen LogP contribution in [-0.2, 0) is 4.79 Å². The average Bonchev–Trinajstić information content (AvgIpc) is 2.79. The van der Waals surface area contributed by atoms with Crippen LogP contribution in [0.4, 0.5) is 0 Å². The molecule has 3 N–H and O–H groups in total. The molecule has 0 heterocycles. The molecular formula is C23H28ClN3O5. The lowest BCUT2D eigenvalue weighted by Gasteiger charge is -2.22. The summed E-state index contributed by atoms with van der Waals surface area (Å²) in [5, 5.41) is 2.94. The number of nitrogens with one attached hydrogen (secondary N) is 3. The number of hydrogen-bond acceptors (Lipinski definition) is 5. The van der Waals surface area contributed by atoms with Crippen molar-refractivity contribution < 1.29 is 23.9 Å². The highest BCUT2D eigenvalue weighted by Gasteiger charge is 2.26. The summed E-state index contributed by atoms with van der Waals surface area (Å²) in [6, 6.07) is 10.4. The van der Waals surface area contributed by atoms with Crippen LogP contribution in [0.1, 0.15) is 47.9 Å². The number of hydrogen-bond donors (Lipinski definition) is 3. The largest absolute Gasteiger partial charge is 0.493 e. The maximum atomic E-state index is 12.6. The molecule has 32 heavy (non-hydrogen) atoms. The SMILES string of the molecule is CCCOc1ccc(C(=O)NNC(=O)[C@@H](NC(=O)c2ccccc2Cl)C(C)C)cc1OC. The molecule has 172 valence electrons. The van der Waals surface area contributed by atoms with Crippen molar-refractivity contribution in [3.63, 3.8) is 0 Å². The van der Waals surface area contributed by atoms with Crippen LogP contribution in [0.3, 0.4) is 0 Å². The molecule has 2 aromatic rings. The molecule has 0 aromatic heterocycles. The zero-order valence-electron chi connectivity index (χ0n) is 18.5. The maximum Gasteiger partial charge on any atom is 0.269 e. The van der Waals surface area contributed by atoms with E-state index in [0.29, 0.717) is 18.1 Å². The monoisotopic (exact) mass is 461 g/mol. The number of methoxy groups -OCH3 is 1. The average molecular weight is 462 g/mol. The Kier molecular flexibility index (Phi) is 9.34. The van der Waals surface area contributed by atoms with E-state index in [1.165, 1.54) is 13.2 Å². The Bertz CT molecular complexity index is 964. The molecule has 0 aliphatic heterocycles. The highest BCUT2D eigenvalue weighted by Crippen LogP contribution is 2.28. The predicted molar refractivity (Wildman–Crippen MR) is 122 cm³/mol. The molecule has 0 aliphatic rings. The second-order valence-corrected chi connectivity index (χ2v) is 7.74. The summed E-state index contributed by atoms with van der Waals surface area (Å²) in [7, 11) is 1.48. The van der Waals surface area contributed by atoms with Gasteiger partial charge in [-0.1, -0.05) is 44.5 Å². The van der Waals surface area contributed by atoms with E-state index < -0.39 is 23.8 Å². The predicted octanol–water partition coefficient (Wildman–Crippen LogP) is 3.35. The van der Waals surface area contributed by atoms with Crippen molar-refractivity contribution in [3.05, 3.63) is 58.6 Å². The molecule has 0 aliphatic carbocycles. The fraction of sp³-hybridized carbons (Fsp3) is 0.348. The molecule has 0 radical (unpaired) electrons. The molecule has 0 bridgehead atoms. The van der Waals surface area contributed by atoms with E-state index in [4.69, 9.17) is 21.1 Å². The zero-order chi connectivity index (χ0) is 23.7. The Labute approximate surface area is 192 Å². The van der Waals surface area contributed by atoms with Gasteiger partial charge >= 0.3 is 0 Å². The van der Waals surface area contributed by atoms with Gasteiger partial charge in [-0.3, -0.25) is 25.2 Å². The Morgan fingerprint density at radius 3 is 2.34 bits per heavy atom. The molecule has 2 rings (SSSR count). The molecule has 3 amide bonds. The van der Waals surface area contributed by atoms with Gasteiger partial charge in [0.05, 0.1) is 24.3 Å². The molecule has 8 nitrogen and oxygen atoms in total. The topological polar surface area (TPSA) is 106 Å². The van der Waals surface area contributed by atoms with Crippen molar-refractivity contribution in [2.75, 3.05) is 13.7 Å². The number of ether oxygens (including phenoxy) is 2. The molecule has 2 aromatic carbocycles. The van der Waals surface area contributed by atoms with Crippen LogP contribution in [-0.4, -0.2) is 37.5 Å². The van der Waals surface area contributed by atoms with Crippen molar-refractivity contribution in [1.82, 2.24) is 16.2 Å². The summed E-state index contributed by atoms with van der Waals surface area (Å²) in [6.07, 6.45) is 0.835. The standard InChI is InChI=1S/C23H28ClN3O5/c1-5-12-32-18-11-10-15(13-19(18)31-4)21(28)26-27-23(30)20(14(2)3)25-22(29)16-8-6-7-9-17(16)24/h6-11,13-14,20H,5,12H2,1-4H3,(H,25,29)(H,26,28)(H,27,30)/t20-/m0/s1. The van der Waals surface area contributed by atoms with E-state index >= 15 is 0 Å². The number of benzene rings is 2. The van der Waals surface area contributed by atoms with Gasteiger partial charge < -0.3 is 14.8 Å². The van der Waals surface area contributed by atoms with Gasteiger partial charge in [0.15, 0.2) is 11.5 Å². The van der Waals surface area contributed by atoms with Gasteiger partial charge in [0.2, 0.25) is 0 Å². The van der Waals surface area contributed by atoms with Crippen molar-refractivity contribution >= 4 is 29.3 Å². The van der Waals surface area contributed by atoms with Crippen LogP contribution in [0.15, 0.2) is 42.5 Å². The van der Waals surface area contributed by atoms with E-state index in [9.17, 15) is 14.4 Å². The van der Waals surface area contributed by atoms with Crippen LogP contribution in [0.2, 0.25) is 5.02 Å². The first-order valence-electron chi connectivity index (χ1n) is 10.2. The second-order valence-electron chi connectivity index (χ2n) is 7.33. The summed E-state index contributed by atoms with van der Waals surface area (Å²) >= 11 is 6.06. The van der Waals surface area contributed by atoms with E-state index in [1.54, 1.807) is 50.2 Å². The fourth-order valence-electron chi connectivity index (χ4n) is 2.81. The summed E-state index contributed by atoms with van der Waals surface area (Å²) in [6.45, 7) is 6.06. The van der Waals surface area contributed by atoms with Gasteiger partial charge in [-0.15, -0.1) is 0 Å². The minimum absolute atomic E-state index is 0.242. The number of hydrazine groups is 1. The number of rotatable bonds is 9. The Morgan fingerprint density at radius 2 is 1.72 bits per heavy atom. The molecule has 0 unspecified atom stereocenters. The van der Waals surface area contributed by atoms with Crippen molar-refractivity contribution in [2.45, 2.75) is 33.2 Å². The maximum absolute atomic E-state index is 12.6. The van der Waals surface area contributed by atoms with Gasteiger partial charge in [-0.2, -0.15) is 0 Å². The summed E-state index contributed by atoms with van der Waals surface area (Å²) < 4.78 is 10.8. The van der Waals surface area contributed by atoms with E-state index in [0.717, 1.165) is 6.42 Å². The molecule has 0 saturated heterocycles. The van der Waals surface area contributed by atoms with Crippen LogP contribution in [0.5, 0.6) is 11.5 Å². The minimum Gasteiger partial charge on any atom is -0.493 e. The third-order valence-electron chi connectivity index (χ3n) is 4.54. The quantitative estimate of drug-likeness (QED) is 0.496. The number of carbonyl (C=O) groups excluding carboxylic acids is 3. The molecule has 0 saturated carbocycles. The molecule has 0 fully saturated rings. The first-order valence-corrected chi connectivity index (χ1v) is 10.6. The minimum atomic E-state index is -0.890. The zero-order valence-corrected chi connectivity index (χ0v) is 19.3. The first kappa shape index (κ1) is 25.0.